The van der Waals surface area contributed by atoms with Gasteiger partial charge in [-0.3, -0.25) is 0 Å². The molecule has 4 aromatic rings. The van der Waals surface area contributed by atoms with Gasteiger partial charge in [0.1, 0.15) is 10.6 Å². The van der Waals surface area contributed by atoms with E-state index in [2.05, 4.69) is 29.8 Å². The summed E-state index contributed by atoms with van der Waals surface area (Å²) in [7, 11) is 0. The summed E-state index contributed by atoms with van der Waals surface area (Å²) in [6.45, 7) is 6.05. The predicted octanol–water partition coefficient (Wildman–Crippen LogP) is 5.42. The number of hydrogen-bond donors (Lipinski definition) is 0. The Hall–Kier alpha value is -2.92. The second-order valence-electron chi connectivity index (χ2n) is 6.24. The van der Waals surface area contributed by atoms with Crippen LogP contribution in [0.5, 0.6) is 0 Å². The lowest BCUT2D eigenvalue weighted by Gasteiger charge is -2.20. The van der Waals surface area contributed by atoms with E-state index < -0.39 is 0 Å². The second-order valence-corrected chi connectivity index (χ2v) is 7.30. The van der Waals surface area contributed by atoms with Crippen LogP contribution in [0.15, 0.2) is 57.7 Å². The highest BCUT2D eigenvalue weighted by atomic mass is 32.1. The van der Waals surface area contributed by atoms with E-state index in [1.807, 2.05) is 48.5 Å². The maximum Gasteiger partial charge on any atom is 0.343 e. The third-order valence-electron chi connectivity index (χ3n) is 4.59. The summed E-state index contributed by atoms with van der Waals surface area (Å²) in [5.74, 6) is 0. The van der Waals surface area contributed by atoms with E-state index in [-0.39, 0.29) is 5.63 Å². The van der Waals surface area contributed by atoms with Gasteiger partial charge >= 0.3 is 5.63 Å². The van der Waals surface area contributed by atoms with Gasteiger partial charge in [-0.2, -0.15) is 0 Å². The molecule has 4 rings (SSSR count). The molecule has 0 amide bonds. The quantitative estimate of drug-likeness (QED) is 0.436. The Kier molecular flexibility index (Phi) is 4.77. The minimum Gasteiger partial charge on any atom is -0.422 e. The molecule has 0 fully saturated rings. The van der Waals surface area contributed by atoms with Crippen molar-refractivity contribution in [3.05, 3.63) is 69.5 Å². The Morgan fingerprint density at radius 3 is 2.67 bits per heavy atom. The zero-order valence-electron chi connectivity index (χ0n) is 15.3. The standard InChI is InChI=1S/C22H20N2O2S/c1-3-24(4-2)17-11-9-15-13-16(22(25)26-19(15)14-17)10-12-21-23-18-7-5-6-8-20(18)27-21/h5-14H,3-4H2,1-2H3/b12-10+. The van der Waals surface area contributed by atoms with Crippen molar-refractivity contribution in [3.63, 3.8) is 0 Å². The maximum absolute atomic E-state index is 12.4. The SMILES string of the molecule is CCN(CC)c1ccc2cc(/C=C/c3nc4ccccc4s3)c(=O)oc2c1. The average molecular weight is 376 g/mol. The van der Waals surface area contributed by atoms with Gasteiger partial charge in [-0.05, 0) is 56.3 Å². The van der Waals surface area contributed by atoms with E-state index in [1.165, 1.54) is 0 Å². The number of aromatic nitrogens is 1. The second kappa shape index (κ2) is 7.37. The Balaban J connectivity index is 1.68. The molecule has 0 aliphatic heterocycles. The minimum atomic E-state index is -0.337. The van der Waals surface area contributed by atoms with Crippen molar-refractivity contribution in [1.29, 1.82) is 0 Å². The fraction of sp³-hybridized carbons (Fsp3) is 0.182. The predicted molar refractivity (Wildman–Crippen MR) is 115 cm³/mol. The smallest absolute Gasteiger partial charge is 0.343 e. The maximum atomic E-state index is 12.4. The van der Waals surface area contributed by atoms with Gasteiger partial charge in [0.25, 0.3) is 0 Å². The van der Waals surface area contributed by atoms with Crippen molar-refractivity contribution in [1.82, 2.24) is 4.98 Å². The van der Waals surface area contributed by atoms with Gasteiger partial charge in [0.2, 0.25) is 0 Å². The van der Waals surface area contributed by atoms with Gasteiger partial charge in [-0.1, -0.05) is 12.1 Å². The molecule has 2 heterocycles. The molecule has 0 N–H and O–H groups in total. The van der Waals surface area contributed by atoms with Crippen molar-refractivity contribution < 1.29 is 4.42 Å². The first-order valence-electron chi connectivity index (χ1n) is 9.04. The normalized spacial score (nSPS) is 11.6. The van der Waals surface area contributed by atoms with E-state index in [0.29, 0.717) is 11.1 Å². The molecule has 0 radical (unpaired) electrons. The summed E-state index contributed by atoms with van der Waals surface area (Å²) >= 11 is 1.60. The number of nitrogens with zero attached hydrogens (tertiary/aromatic N) is 2. The largest absolute Gasteiger partial charge is 0.422 e. The third kappa shape index (κ3) is 3.51. The zero-order valence-corrected chi connectivity index (χ0v) is 16.1. The highest BCUT2D eigenvalue weighted by Crippen LogP contribution is 2.24. The zero-order chi connectivity index (χ0) is 18.8. The van der Waals surface area contributed by atoms with Crippen LogP contribution in [0, 0.1) is 0 Å². The lowest BCUT2D eigenvalue weighted by molar-refractivity contribution is 0.559. The van der Waals surface area contributed by atoms with Crippen LogP contribution in [0.25, 0.3) is 33.3 Å². The average Bonchev–Trinajstić information content (AvgIpc) is 3.10. The molecule has 2 aromatic heterocycles. The molecule has 0 unspecified atom stereocenters. The summed E-state index contributed by atoms with van der Waals surface area (Å²) < 4.78 is 6.70. The van der Waals surface area contributed by atoms with Crippen molar-refractivity contribution >= 4 is 50.4 Å². The molecular weight excluding hydrogens is 356 g/mol. The fourth-order valence-electron chi connectivity index (χ4n) is 3.14. The summed E-state index contributed by atoms with van der Waals surface area (Å²) in [4.78, 5) is 19.2. The Labute approximate surface area is 161 Å². The lowest BCUT2D eigenvalue weighted by atomic mass is 10.1. The van der Waals surface area contributed by atoms with E-state index in [9.17, 15) is 4.79 Å². The molecule has 0 saturated heterocycles. The molecule has 5 heteroatoms. The molecule has 0 spiro atoms. The van der Waals surface area contributed by atoms with Gasteiger partial charge in [-0.25, -0.2) is 9.78 Å². The molecule has 2 aromatic carbocycles. The first kappa shape index (κ1) is 17.5. The first-order valence-corrected chi connectivity index (χ1v) is 9.86. The molecule has 0 atom stereocenters. The van der Waals surface area contributed by atoms with Gasteiger partial charge in [0.05, 0.1) is 15.8 Å². The summed E-state index contributed by atoms with van der Waals surface area (Å²) in [6.07, 6.45) is 3.65. The number of thiazole rings is 1. The van der Waals surface area contributed by atoms with Crippen LogP contribution in [0.2, 0.25) is 0 Å². The van der Waals surface area contributed by atoms with Crippen molar-refractivity contribution in [3.8, 4) is 0 Å². The molecule has 0 aliphatic rings. The molecule has 0 aliphatic carbocycles. The molecule has 0 bridgehead atoms. The van der Waals surface area contributed by atoms with Crippen LogP contribution in [-0.4, -0.2) is 18.1 Å². The van der Waals surface area contributed by atoms with E-state index >= 15 is 0 Å². The number of anilines is 1. The third-order valence-corrected chi connectivity index (χ3v) is 5.59. The van der Waals surface area contributed by atoms with Crippen LogP contribution in [0.4, 0.5) is 5.69 Å². The van der Waals surface area contributed by atoms with Crippen molar-refractivity contribution in [2.45, 2.75) is 13.8 Å². The number of para-hydroxylation sites is 1. The summed E-state index contributed by atoms with van der Waals surface area (Å²) in [6, 6.07) is 15.9. The van der Waals surface area contributed by atoms with E-state index in [4.69, 9.17) is 4.42 Å². The van der Waals surface area contributed by atoms with Crippen LogP contribution in [0.3, 0.4) is 0 Å². The highest BCUT2D eigenvalue weighted by Gasteiger charge is 2.07. The van der Waals surface area contributed by atoms with Gasteiger partial charge in [-0.15, -0.1) is 11.3 Å². The van der Waals surface area contributed by atoms with Crippen molar-refractivity contribution in [2.75, 3.05) is 18.0 Å². The Morgan fingerprint density at radius 1 is 1.07 bits per heavy atom. The molecule has 4 nitrogen and oxygen atoms in total. The number of fused-ring (bicyclic) bond motifs is 2. The topological polar surface area (TPSA) is 46.3 Å². The molecule has 27 heavy (non-hydrogen) atoms. The Morgan fingerprint density at radius 2 is 1.89 bits per heavy atom. The summed E-state index contributed by atoms with van der Waals surface area (Å²) in [5, 5.41) is 1.78. The fourth-order valence-corrected chi connectivity index (χ4v) is 4.01. The molecule has 136 valence electrons. The van der Waals surface area contributed by atoms with E-state index in [1.54, 1.807) is 17.4 Å². The van der Waals surface area contributed by atoms with Gasteiger partial charge in [0, 0.05) is 30.2 Å². The van der Waals surface area contributed by atoms with Crippen LogP contribution in [-0.2, 0) is 0 Å². The number of rotatable bonds is 5. The lowest BCUT2D eigenvalue weighted by Crippen LogP contribution is -2.21. The van der Waals surface area contributed by atoms with Crippen LogP contribution >= 0.6 is 11.3 Å². The van der Waals surface area contributed by atoms with Crippen LogP contribution < -0.4 is 10.5 Å². The van der Waals surface area contributed by atoms with E-state index in [0.717, 1.165) is 39.4 Å². The van der Waals surface area contributed by atoms with Crippen molar-refractivity contribution in [2.24, 2.45) is 0 Å². The Bertz CT molecular complexity index is 1150. The summed E-state index contributed by atoms with van der Waals surface area (Å²) in [5.41, 5.74) is 2.83. The highest BCUT2D eigenvalue weighted by molar-refractivity contribution is 7.19. The molecular formula is C22H20N2O2S. The van der Waals surface area contributed by atoms with Crippen LogP contribution in [0.1, 0.15) is 24.4 Å². The monoisotopic (exact) mass is 376 g/mol. The number of benzene rings is 2. The molecule has 0 saturated carbocycles. The van der Waals surface area contributed by atoms with Gasteiger partial charge < -0.3 is 9.32 Å². The van der Waals surface area contributed by atoms with Gasteiger partial charge in [0.15, 0.2) is 0 Å². The number of hydrogen-bond acceptors (Lipinski definition) is 5. The minimum absolute atomic E-state index is 0.337. The first-order chi connectivity index (χ1) is 13.2.